The van der Waals surface area contributed by atoms with Crippen LogP contribution in [0.2, 0.25) is 0 Å². The third kappa shape index (κ3) is 5.10. The minimum absolute atomic E-state index is 0.0595. The van der Waals surface area contributed by atoms with E-state index >= 15 is 0 Å². The zero-order valence-corrected chi connectivity index (χ0v) is 20.1. The fraction of sp³-hybridized carbons (Fsp3) is 0.591. The molecule has 0 spiro atoms. The molecule has 1 aromatic carbocycles. The van der Waals surface area contributed by atoms with Gasteiger partial charge in [-0.3, -0.25) is 4.79 Å². The molecule has 3 heterocycles. The maximum Gasteiger partial charge on any atom is 0.238 e. The number of ether oxygens (including phenoxy) is 1. The first-order valence-electron chi connectivity index (χ1n) is 11.5. The van der Waals surface area contributed by atoms with Crippen LogP contribution in [0.25, 0.3) is 11.3 Å². The molecule has 14 heteroatoms. The molecule has 1 amide bonds. The van der Waals surface area contributed by atoms with E-state index < -0.39 is 65.2 Å². The van der Waals surface area contributed by atoms with Crippen LogP contribution < -0.4 is 0 Å². The van der Waals surface area contributed by atoms with E-state index in [-0.39, 0.29) is 23.6 Å². The fourth-order valence-corrected chi connectivity index (χ4v) is 5.60. The first-order valence-corrected chi connectivity index (χ1v) is 12.4. The number of thioether (sulfide) groups is 1. The Hall–Kier alpha value is -2.23. The Kier molecular flexibility index (Phi) is 8.22. The average Bonchev–Trinajstić information content (AvgIpc) is 3.30. The number of carbonyl (C=O) groups excluding carboxylic acids is 1. The molecule has 2 saturated heterocycles. The van der Waals surface area contributed by atoms with Gasteiger partial charge in [0.1, 0.15) is 40.7 Å². The second-order valence-corrected chi connectivity index (χ2v) is 9.99. The molecule has 0 aliphatic carbocycles. The van der Waals surface area contributed by atoms with E-state index in [1.165, 1.54) is 6.20 Å². The Morgan fingerprint density at radius 2 is 1.89 bits per heavy atom. The molecular weight excluding hydrogens is 505 g/mol. The van der Waals surface area contributed by atoms with Crippen LogP contribution in [0.5, 0.6) is 0 Å². The van der Waals surface area contributed by atoms with Crippen LogP contribution in [-0.2, 0) is 9.53 Å². The normalized spacial score (nSPS) is 28.0. The van der Waals surface area contributed by atoms with Crippen LogP contribution in [0, 0.1) is 17.5 Å². The summed E-state index contributed by atoms with van der Waals surface area (Å²) in [7, 11) is 0. The van der Waals surface area contributed by atoms with Gasteiger partial charge >= 0.3 is 0 Å². The molecule has 4 N–H and O–H groups in total. The van der Waals surface area contributed by atoms with Crippen molar-refractivity contribution in [3.05, 3.63) is 35.8 Å². The van der Waals surface area contributed by atoms with Crippen LogP contribution in [0.3, 0.4) is 0 Å². The third-order valence-electron chi connectivity index (χ3n) is 6.40. The molecule has 2 aliphatic heterocycles. The number of rotatable bonds is 8. The number of benzene rings is 1. The first kappa shape index (κ1) is 26.8. The van der Waals surface area contributed by atoms with Crippen molar-refractivity contribution in [2.75, 3.05) is 19.7 Å². The summed E-state index contributed by atoms with van der Waals surface area (Å²) in [6.07, 6.45) is -2.84. The summed E-state index contributed by atoms with van der Waals surface area (Å²) in [4.78, 5) is 14.5. The van der Waals surface area contributed by atoms with Gasteiger partial charge < -0.3 is 30.1 Å². The number of hydrogen-bond donors (Lipinski definition) is 4. The smallest absolute Gasteiger partial charge is 0.238 e. The number of likely N-dealkylation sites (tertiary alicyclic amines) is 1. The molecule has 0 bridgehead atoms. The lowest BCUT2D eigenvalue weighted by atomic mass is 9.97. The Morgan fingerprint density at radius 3 is 2.44 bits per heavy atom. The van der Waals surface area contributed by atoms with Crippen LogP contribution in [0.15, 0.2) is 18.3 Å². The summed E-state index contributed by atoms with van der Waals surface area (Å²) in [5.74, 6) is -4.78. The SMILES string of the molecule is CC[C@@H](O)[C@H](S[C@@H]1O[C@H](CO)[C@H](O)[C@H](n2cc(-c3cc(F)c(F)c(F)c3)nn2)[C@H]1O)C(=O)N1CCC1. The van der Waals surface area contributed by atoms with E-state index in [1.807, 2.05) is 0 Å². The Labute approximate surface area is 208 Å². The van der Waals surface area contributed by atoms with Gasteiger partial charge in [-0.15, -0.1) is 16.9 Å². The van der Waals surface area contributed by atoms with Gasteiger partial charge in [-0.1, -0.05) is 12.1 Å². The monoisotopic (exact) mass is 532 g/mol. The van der Waals surface area contributed by atoms with Gasteiger partial charge in [0, 0.05) is 18.7 Å². The molecule has 7 atom stereocenters. The Morgan fingerprint density at radius 1 is 1.22 bits per heavy atom. The zero-order valence-electron chi connectivity index (χ0n) is 19.2. The second kappa shape index (κ2) is 11.0. The Balaban J connectivity index is 1.61. The maximum absolute atomic E-state index is 13.7. The molecular formula is C22H27F3N4O6S. The summed E-state index contributed by atoms with van der Waals surface area (Å²) < 4.78 is 47.4. The van der Waals surface area contributed by atoms with E-state index in [0.717, 1.165) is 35.0 Å². The van der Waals surface area contributed by atoms with E-state index in [2.05, 4.69) is 10.3 Å². The van der Waals surface area contributed by atoms with Gasteiger partial charge in [0.25, 0.3) is 0 Å². The van der Waals surface area contributed by atoms with Crippen molar-refractivity contribution in [1.29, 1.82) is 0 Å². The molecule has 10 nitrogen and oxygen atoms in total. The fourth-order valence-electron chi connectivity index (χ4n) is 4.14. The molecule has 0 unspecified atom stereocenters. The average molecular weight is 533 g/mol. The quantitative estimate of drug-likeness (QED) is 0.357. The molecule has 4 rings (SSSR count). The van der Waals surface area contributed by atoms with E-state index in [1.54, 1.807) is 11.8 Å². The predicted molar refractivity (Wildman–Crippen MR) is 121 cm³/mol. The summed E-state index contributed by atoms with van der Waals surface area (Å²) in [5, 5.41) is 48.9. The van der Waals surface area contributed by atoms with Crippen molar-refractivity contribution in [3.63, 3.8) is 0 Å². The van der Waals surface area contributed by atoms with Crippen LogP contribution in [-0.4, -0.2) is 101 Å². The third-order valence-corrected chi connectivity index (χ3v) is 7.87. The Bertz CT molecular complexity index is 1070. The van der Waals surface area contributed by atoms with Crippen molar-refractivity contribution >= 4 is 17.7 Å². The highest BCUT2D eigenvalue weighted by atomic mass is 32.2. The highest BCUT2D eigenvalue weighted by molar-refractivity contribution is 8.01. The van der Waals surface area contributed by atoms with Gasteiger partial charge in [-0.05, 0) is 25.0 Å². The van der Waals surface area contributed by atoms with Gasteiger partial charge in [0.2, 0.25) is 5.91 Å². The maximum atomic E-state index is 13.7. The molecule has 2 aliphatic rings. The number of aliphatic hydroxyl groups is 4. The number of nitrogens with zero attached hydrogens (tertiary/aromatic N) is 4. The molecule has 1 aromatic heterocycles. The van der Waals surface area contributed by atoms with Crippen molar-refractivity contribution in [2.45, 2.75) is 60.9 Å². The molecule has 2 fully saturated rings. The minimum Gasteiger partial charge on any atom is -0.394 e. The van der Waals surface area contributed by atoms with E-state index in [4.69, 9.17) is 4.74 Å². The van der Waals surface area contributed by atoms with Crippen LogP contribution in [0.4, 0.5) is 13.2 Å². The molecule has 0 saturated carbocycles. The van der Waals surface area contributed by atoms with E-state index in [0.29, 0.717) is 13.1 Å². The standard InChI is InChI=1S/C22H27F3N4O6S/c1-2-14(31)20(21(34)28-4-3-5-28)36-22-19(33)17(18(32)15(9-30)35-22)29-8-13(26-27-29)10-6-11(23)16(25)12(24)7-10/h6-8,14-15,17-20,22,30-33H,2-5,9H2,1H3/t14-,15-,17+,18+,19-,20+,22+/m1/s1. The first-order chi connectivity index (χ1) is 17.2. The molecule has 36 heavy (non-hydrogen) atoms. The van der Waals surface area contributed by atoms with Gasteiger partial charge in [0.15, 0.2) is 17.5 Å². The van der Waals surface area contributed by atoms with Crippen LogP contribution in [0.1, 0.15) is 25.8 Å². The number of carbonyl (C=O) groups is 1. The number of aliphatic hydroxyl groups excluding tert-OH is 4. The molecule has 198 valence electrons. The highest BCUT2D eigenvalue weighted by Gasteiger charge is 2.48. The lowest BCUT2D eigenvalue weighted by molar-refractivity contribution is -0.178. The van der Waals surface area contributed by atoms with Crippen molar-refractivity contribution in [2.24, 2.45) is 0 Å². The minimum atomic E-state index is -1.64. The molecule has 2 aromatic rings. The second-order valence-electron chi connectivity index (χ2n) is 8.75. The molecule has 0 radical (unpaired) electrons. The van der Waals surface area contributed by atoms with Crippen molar-refractivity contribution < 1.29 is 43.1 Å². The largest absolute Gasteiger partial charge is 0.394 e. The number of aromatic nitrogens is 3. The number of hydrogen-bond acceptors (Lipinski definition) is 9. The topological polar surface area (TPSA) is 141 Å². The summed E-state index contributed by atoms with van der Waals surface area (Å²) in [6.45, 7) is 2.21. The van der Waals surface area contributed by atoms with Gasteiger partial charge in [-0.25, -0.2) is 17.9 Å². The van der Waals surface area contributed by atoms with Crippen molar-refractivity contribution in [3.8, 4) is 11.3 Å². The van der Waals surface area contributed by atoms with Gasteiger partial charge in [0.05, 0.1) is 18.9 Å². The van der Waals surface area contributed by atoms with Gasteiger partial charge in [-0.2, -0.15) is 0 Å². The van der Waals surface area contributed by atoms with E-state index in [9.17, 15) is 38.4 Å². The van der Waals surface area contributed by atoms with Crippen molar-refractivity contribution in [1.82, 2.24) is 19.9 Å². The predicted octanol–water partition coefficient (Wildman–Crippen LogP) is 0.447. The number of halogens is 3. The highest BCUT2D eigenvalue weighted by Crippen LogP contribution is 2.38. The van der Waals surface area contributed by atoms with Crippen LogP contribution >= 0.6 is 11.8 Å². The lowest BCUT2D eigenvalue weighted by Crippen LogP contribution is -2.56. The summed E-state index contributed by atoms with van der Waals surface area (Å²) >= 11 is 0.882. The summed E-state index contributed by atoms with van der Waals surface area (Å²) in [6, 6.07) is 0.233. The number of amides is 1. The lowest BCUT2D eigenvalue weighted by Gasteiger charge is -2.43. The summed E-state index contributed by atoms with van der Waals surface area (Å²) in [5.41, 5.74) is -1.33. The zero-order chi connectivity index (χ0) is 26.1.